The number of methoxy groups -OCH3 is 2. The summed E-state index contributed by atoms with van der Waals surface area (Å²) in [6.07, 6.45) is 0.573. The monoisotopic (exact) mass is 367 g/mol. The molecule has 0 unspecified atom stereocenters. The van der Waals surface area contributed by atoms with E-state index in [0.29, 0.717) is 38.1 Å². The third kappa shape index (κ3) is 8.39. The third-order valence-corrected chi connectivity index (χ3v) is 4.13. The van der Waals surface area contributed by atoms with Crippen LogP contribution in [0, 0.1) is 11.8 Å². The molecule has 0 aliphatic rings. The molecule has 5 nitrogen and oxygen atoms in total. The lowest BCUT2D eigenvalue weighted by Crippen LogP contribution is -2.36. The largest absolute Gasteiger partial charge is 0.493 e. The maximum absolute atomic E-state index is 10.4. The molecule has 1 aromatic carbocycles. The summed E-state index contributed by atoms with van der Waals surface area (Å²) in [6, 6.07) is 5.92. The van der Waals surface area contributed by atoms with Gasteiger partial charge in [-0.1, -0.05) is 39.8 Å². The van der Waals surface area contributed by atoms with Gasteiger partial charge in [-0.3, -0.25) is 4.90 Å². The van der Waals surface area contributed by atoms with E-state index in [1.165, 1.54) is 0 Å². The lowest BCUT2D eigenvalue weighted by Gasteiger charge is -2.27. The Balaban J connectivity index is 2.77. The molecular formula is C21H37NO4. The van der Waals surface area contributed by atoms with Crippen molar-refractivity contribution in [3.8, 4) is 11.5 Å². The van der Waals surface area contributed by atoms with Gasteiger partial charge in [0.25, 0.3) is 0 Å². The first kappa shape index (κ1) is 22.7. The van der Waals surface area contributed by atoms with E-state index in [4.69, 9.17) is 14.2 Å². The number of aliphatic hydroxyl groups is 1. The fourth-order valence-corrected chi connectivity index (χ4v) is 2.79. The Morgan fingerprint density at radius 1 is 1.00 bits per heavy atom. The first-order valence-corrected chi connectivity index (χ1v) is 9.55. The average Bonchev–Trinajstić information content (AvgIpc) is 2.58. The van der Waals surface area contributed by atoms with Crippen LogP contribution < -0.4 is 9.47 Å². The van der Waals surface area contributed by atoms with Crippen LogP contribution in [0.15, 0.2) is 18.2 Å². The minimum atomic E-state index is -0.502. The second kappa shape index (κ2) is 12.2. The number of nitrogens with zero attached hydrogens (tertiary/aromatic N) is 1. The van der Waals surface area contributed by atoms with E-state index < -0.39 is 6.10 Å². The van der Waals surface area contributed by atoms with Gasteiger partial charge in [-0.15, -0.1) is 0 Å². The summed E-state index contributed by atoms with van der Waals surface area (Å²) in [4.78, 5) is 2.26. The molecule has 1 N–H and O–H groups in total. The Morgan fingerprint density at radius 2 is 1.73 bits per heavy atom. The minimum absolute atomic E-state index is 0.367. The van der Waals surface area contributed by atoms with Crippen LogP contribution in [0.3, 0.4) is 0 Å². The smallest absolute Gasteiger partial charge is 0.165 e. The van der Waals surface area contributed by atoms with Crippen LogP contribution >= 0.6 is 0 Å². The molecule has 0 heterocycles. The normalized spacial score (nSPS) is 12.8. The molecule has 0 radical (unpaired) electrons. The van der Waals surface area contributed by atoms with Crippen molar-refractivity contribution < 1.29 is 19.3 Å². The number of para-hydroxylation sites is 1. The Hall–Kier alpha value is -1.30. The highest BCUT2D eigenvalue weighted by molar-refractivity contribution is 5.46. The van der Waals surface area contributed by atoms with E-state index in [0.717, 1.165) is 30.0 Å². The summed E-state index contributed by atoms with van der Waals surface area (Å²) < 4.78 is 16.5. The highest BCUT2D eigenvalue weighted by Crippen LogP contribution is 2.31. The zero-order valence-electron chi connectivity index (χ0n) is 17.3. The van der Waals surface area contributed by atoms with Crippen LogP contribution in [0.25, 0.3) is 0 Å². The maximum atomic E-state index is 10.4. The van der Waals surface area contributed by atoms with E-state index in [9.17, 15) is 5.11 Å². The zero-order chi connectivity index (χ0) is 19.5. The van der Waals surface area contributed by atoms with Gasteiger partial charge in [0.1, 0.15) is 0 Å². The van der Waals surface area contributed by atoms with Gasteiger partial charge in [0.2, 0.25) is 0 Å². The van der Waals surface area contributed by atoms with Crippen LogP contribution in [0.1, 0.15) is 39.7 Å². The van der Waals surface area contributed by atoms with Gasteiger partial charge in [-0.2, -0.15) is 0 Å². The van der Waals surface area contributed by atoms with Gasteiger partial charge >= 0.3 is 0 Å². The highest BCUT2D eigenvalue weighted by atomic mass is 16.5. The minimum Gasteiger partial charge on any atom is -0.493 e. The maximum Gasteiger partial charge on any atom is 0.165 e. The lowest BCUT2D eigenvalue weighted by molar-refractivity contribution is 0.00618. The molecule has 150 valence electrons. The molecule has 0 aromatic heterocycles. The summed E-state index contributed by atoms with van der Waals surface area (Å²) in [6.45, 7) is 11.9. The second-order valence-corrected chi connectivity index (χ2v) is 7.66. The Labute approximate surface area is 159 Å². The molecule has 0 bridgehead atoms. The number of aliphatic hydroxyl groups excluding tert-OH is 1. The predicted molar refractivity (Wildman–Crippen MR) is 106 cm³/mol. The van der Waals surface area contributed by atoms with E-state index in [-0.39, 0.29) is 0 Å². The van der Waals surface area contributed by atoms with Crippen molar-refractivity contribution in [2.24, 2.45) is 11.8 Å². The first-order chi connectivity index (χ1) is 12.4. The van der Waals surface area contributed by atoms with Crippen molar-refractivity contribution in [3.63, 3.8) is 0 Å². The summed E-state index contributed by atoms with van der Waals surface area (Å²) >= 11 is 0. The molecule has 26 heavy (non-hydrogen) atoms. The highest BCUT2D eigenvalue weighted by Gasteiger charge is 2.17. The van der Waals surface area contributed by atoms with Gasteiger partial charge in [0.15, 0.2) is 11.5 Å². The summed E-state index contributed by atoms with van der Waals surface area (Å²) in [5.74, 6) is 2.57. The van der Waals surface area contributed by atoms with Crippen molar-refractivity contribution >= 4 is 0 Å². The van der Waals surface area contributed by atoms with Crippen LogP contribution in [-0.4, -0.2) is 56.6 Å². The van der Waals surface area contributed by atoms with E-state index in [1.807, 2.05) is 18.2 Å². The third-order valence-electron chi connectivity index (χ3n) is 4.13. The van der Waals surface area contributed by atoms with Gasteiger partial charge in [-0.25, -0.2) is 0 Å². The molecule has 0 saturated carbocycles. The van der Waals surface area contributed by atoms with E-state index >= 15 is 0 Å². The zero-order valence-corrected chi connectivity index (χ0v) is 17.3. The van der Waals surface area contributed by atoms with E-state index in [1.54, 1.807) is 14.2 Å². The Bertz CT molecular complexity index is 505. The van der Waals surface area contributed by atoms with Crippen LogP contribution in [0.2, 0.25) is 0 Å². The van der Waals surface area contributed by atoms with Crippen LogP contribution in [0.4, 0.5) is 0 Å². The fraction of sp³-hybridized carbons (Fsp3) is 0.714. The molecule has 5 heteroatoms. The molecule has 0 aliphatic heterocycles. The molecule has 0 spiro atoms. The second-order valence-electron chi connectivity index (χ2n) is 7.66. The van der Waals surface area contributed by atoms with Crippen LogP contribution in [-0.2, 0) is 11.3 Å². The van der Waals surface area contributed by atoms with Gasteiger partial charge in [0.05, 0.1) is 26.9 Å². The molecule has 0 aliphatic carbocycles. The number of benzene rings is 1. The number of hydrogen-bond donors (Lipinski definition) is 1. The number of ether oxygens (including phenoxy) is 3. The quantitative estimate of drug-likeness (QED) is 0.577. The fourth-order valence-electron chi connectivity index (χ4n) is 2.79. The van der Waals surface area contributed by atoms with Crippen molar-refractivity contribution in [1.82, 2.24) is 4.90 Å². The van der Waals surface area contributed by atoms with Crippen molar-refractivity contribution in [2.75, 3.05) is 40.5 Å². The first-order valence-electron chi connectivity index (χ1n) is 9.55. The molecular weight excluding hydrogens is 330 g/mol. The number of hydrogen-bond acceptors (Lipinski definition) is 5. The van der Waals surface area contributed by atoms with Crippen molar-refractivity contribution in [2.45, 2.75) is 46.8 Å². The summed E-state index contributed by atoms with van der Waals surface area (Å²) in [5, 5.41) is 10.4. The topological polar surface area (TPSA) is 51.2 Å². The summed E-state index contributed by atoms with van der Waals surface area (Å²) in [7, 11) is 3.31. The average molecular weight is 368 g/mol. The summed E-state index contributed by atoms with van der Waals surface area (Å²) in [5.41, 5.74) is 1.06. The standard InChI is InChI=1S/C21H37NO4/c1-16(2)10-11-22(13-19(23)15-26-14-17(3)4)12-18-8-7-9-20(24-5)21(18)25-6/h7-9,16-17,19,23H,10-15H2,1-6H3/t19-/m1/s1. The molecule has 1 rings (SSSR count). The number of rotatable bonds is 13. The molecule has 0 fully saturated rings. The van der Waals surface area contributed by atoms with Crippen molar-refractivity contribution in [1.29, 1.82) is 0 Å². The van der Waals surface area contributed by atoms with Crippen LogP contribution in [0.5, 0.6) is 11.5 Å². The van der Waals surface area contributed by atoms with E-state index in [2.05, 4.69) is 32.6 Å². The molecule has 0 saturated heterocycles. The van der Waals surface area contributed by atoms with Gasteiger partial charge in [0, 0.05) is 25.3 Å². The Morgan fingerprint density at radius 3 is 2.31 bits per heavy atom. The van der Waals surface area contributed by atoms with Gasteiger partial charge in [-0.05, 0) is 30.9 Å². The molecule has 1 atom stereocenters. The SMILES string of the molecule is COc1cccc(CN(CCC(C)C)C[C@@H](O)COCC(C)C)c1OC. The molecule has 0 amide bonds. The molecule has 1 aromatic rings. The van der Waals surface area contributed by atoms with Gasteiger partial charge < -0.3 is 19.3 Å². The predicted octanol–water partition coefficient (Wildman–Crippen LogP) is 3.59. The lowest BCUT2D eigenvalue weighted by atomic mass is 10.1. The Kier molecular flexibility index (Phi) is 10.6. The van der Waals surface area contributed by atoms with Crippen molar-refractivity contribution in [3.05, 3.63) is 23.8 Å².